The van der Waals surface area contributed by atoms with E-state index in [0.717, 1.165) is 62.8 Å². The first-order valence-corrected chi connectivity index (χ1v) is 9.59. The average Bonchev–Trinajstić information content (AvgIpc) is 3.09. The highest BCUT2D eigenvalue weighted by Crippen LogP contribution is 2.32. The highest BCUT2D eigenvalue weighted by Gasteiger charge is 2.35. The van der Waals surface area contributed by atoms with Gasteiger partial charge in [-0.25, -0.2) is 9.97 Å². The molecule has 27 heavy (non-hydrogen) atoms. The fraction of sp³-hybridized carbons (Fsp3) is 0.737. The number of hydrogen-bond donors (Lipinski definition) is 1. The lowest BCUT2D eigenvalue weighted by atomic mass is 9.94. The van der Waals surface area contributed by atoms with Crippen LogP contribution in [0.5, 0.6) is 0 Å². The molecule has 8 heteroatoms. The van der Waals surface area contributed by atoms with E-state index in [-0.39, 0.29) is 30.7 Å². The molecule has 154 valence electrons. The van der Waals surface area contributed by atoms with E-state index in [9.17, 15) is 4.79 Å². The molecular weight excluding hydrogens is 385 g/mol. The van der Waals surface area contributed by atoms with Gasteiger partial charge in [-0.2, -0.15) is 0 Å². The zero-order chi connectivity index (χ0) is 18.0. The van der Waals surface area contributed by atoms with E-state index >= 15 is 0 Å². The van der Waals surface area contributed by atoms with Crippen LogP contribution in [0.15, 0.2) is 6.07 Å². The predicted molar refractivity (Wildman–Crippen MR) is 114 cm³/mol. The molecule has 1 saturated heterocycles. The third-order valence-corrected chi connectivity index (χ3v) is 5.57. The Bertz CT molecular complexity index is 620. The molecule has 3 rings (SSSR count). The van der Waals surface area contributed by atoms with Gasteiger partial charge in [0.1, 0.15) is 11.6 Å². The first-order valence-electron chi connectivity index (χ1n) is 9.59. The quantitative estimate of drug-likeness (QED) is 0.814. The molecule has 6 nitrogen and oxygen atoms in total. The Kier molecular flexibility index (Phi) is 9.25. The Morgan fingerprint density at radius 2 is 1.85 bits per heavy atom. The molecule has 2 aliphatic rings. The lowest BCUT2D eigenvalue weighted by Crippen LogP contribution is -2.51. The van der Waals surface area contributed by atoms with Gasteiger partial charge >= 0.3 is 0 Å². The lowest BCUT2D eigenvalue weighted by molar-refractivity contribution is -0.136. The molecule has 0 unspecified atom stereocenters. The highest BCUT2D eigenvalue weighted by molar-refractivity contribution is 5.85. The largest absolute Gasteiger partial charge is 0.353 e. The number of hydrogen-bond acceptors (Lipinski definition) is 5. The minimum atomic E-state index is 0. The number of halogens is 2. The zero-order valence-electron chi connectivity index (χ0n) is 16.6. The van der Waals surface area contributed by atoms with Crippen LogP contribution in [0.25, 0.3) is 0 Å². The second-order valence-corrected chi connectivity index (χ2v) is 7.73. The first kappa shape index (κ1) is 23.9. The summed E-state index contributed by atoms with van der Waals surface area (Å²) in [5.74, 6) is 3.04. The number of anilines is 1. The molecule has 0 bridgehead atoms. The van der Waals surface area contributed by atoms with Crippen molar-refractivity contribution in [3.8, 4) is 0 Å². The number of nitrogens with zero attached hydrogens (tertiary/aromatic N) is 4. The molecular formula is C19H33Cl2N5O. The third-order valence-electron chi connectivity index (χ3n) is 5.57. The monoisotopic (exact) mass is 417 g/mol. The Morgan fingerprint density at radius 1 is 1.19 bits per heavy atom. The van der Waals surface area contributed by atoms with Gasteiger partial charge in [0, 0.05) is 49.8 Å². The van der Waals surface area contributed by atoms with Crippen LogP contribution in [0.3, 0.4) is 0 Å². The van der Waals surface area contributed by atoms with E-state index in [1.54, 1.807) is 0 Å². The first-order chi connectivity index (χ1) is 12.0. The van der Waals surface area contributed by atoms with E-state index < -0.39 is 0 Å². The van der Waals surface area contributed by atoms with E-state index in [1.807, 2.05) is 17.9 Å². The average molecular weight is 418 g/mol. The van der Waals surface area contributed by atoms with Gasteiger partial charge in [0.2, 0.25) is 5.91 Å². The maximum absolute atomic E-state index is 12.8. The van der Waals surface area contributed by atoms with Crippen molar-refractivity contribution in [2.75, 3.05) is 37.6 Å². The highest BCUT2D eigenvalue weighted by atomic mass is 35.5. The second-order valence-electron chi connectivity index (χ2n) is 7.73. The Hall–Kier alpha value is -1.11. The van der Waals surface area contributed by atoms with Crippen molar-refractivity contribution in [2.24, 2.45) is 17.6 Å². The maximum Gasteiger partial charge on any atom is 0.226 e. The van der Waals surface area contributed by atoms with E-state index in [4.69, 9.17) is 10.7 Å². The van der Waals surface area contributed by atoms with Crippen molar-refractivity contribution in [3.05, 3.63) is 17.6 Å². The smallest absolute Gasteiger partial charge is 0.226 e. The van der Waals surface area contributed by atoms with Gasteiger partial charge in [0.15, 0.2) is 0 Å². The third kappa shape index (κ3) is 5.46. The van der Waals surface area contributed by atoms with Crippen molar-refractivity contribution < 1.29 is 4.79 Å². The molecule has 1 aromatic rings. The number of carbonyl (C=O) groups excluding carboxylic acids is 1. The molecule has 2 fully saturated rings. The van der Waals surface area contributed by atoms with Crippen LogP contribution in [0.1, 0.15) is 50.5 Å². The minimum absolute atomic E-state index is 0. The van der Waals surface area contributed by atoms with Gasteiger partial charge < -0.3 is 15.5 Å². The fourth-order valence-electron chi connectivity index (χ4n) is 4.03. The molecule has 0 aromatic carbocycles. The minimum Gasteiger partial charge on any atom is -0.353 e. The number of amides is 1. The van der Waals surface area contributed by atoms with E-state index in [0.29, 0.717) is 24.3 Å². The van der Waals surface area contributed by atoms with Crippen molar-refractivity contribution in [1.82, 2.24) is 14.9 Å². The molecule has 1 aromatic heterocycles. The normalized spacial score (nSPS) is 22.4. The van der Waals surface area contributed by atoms with Gasteiger partial charge in [-0.15, -0.1) is 24.8 Å². The molecule has 1 saturated carbocycles. The molecule has 2 heterocycles. The summed E-state index contributed by atoms with van der Waals surface area (Å²) >= 11 is 0. The topological polar surface area (TPSA) is 75.3 Å². The molecule has 0 radical (unpaired) electrons. The zero-order valence-corrected chi connectivity index (χ0v) is 18.2. The van der Waals surface area contributed by atoms with Crippen LogP contribution in [0, 0.1) is 18.8 Å². The molecule has 2 N–H and O–H groups in total. The van der Waals surface area contributed by atoms with E-state index in [2.05, 4.69) is 23.7 Å². The Morgan fingerprint density at radius 3 is 2.44 bits per heavy atom. The number of aromatic nitrogens is 2. The summed E-state index contributed by atoms with van der Waals surface area (Å²) < 4.78 is 0. The summed E-state index contributed by atoms with van der Waals surface area (Å²) in [6.07, 6.45) is 3.24. The molecule has 1 amide bonds. The number of piperazine rings is 1. The summed E-state index contributed by atoms with van der Waals surface area (Å²) in [5.41, 5.74) is 6.85. The van der Waals surface area contributed by atoms with Crippen molar-refractivity contribution >= 4 is 36.5 Å². The van der Waals surface area contributed by atoms with Gasteiger partial charge in [0.25, 0.3) is 0 Å². The van der Waals surface area contributed by atoms with Gasteiger partial charge in [-0.1, -0.05) is 20.3 Å². The Balaban J connectivity index is 0.00000182. The number of nitrogens with two attached hydrogens (primary N) is 1. The standard InChI is InChI=1S/C19H31N5O.2ClH/c1-13(2)18-21-14(3)11-17(22-18)23-7-9-24(10-8-23)19(25)16-6-4-5-15(16)12-20;;/h11,13,15-16H,4-10,12,20H2,1-3H3;2*1H/t15-,16-;;/m1../s1. The summed E-state index contributed by atoms with van der Waals surface area (Å²) in [4.78, 5) is 26.4. The molecule has 0 spiro atoms. The van der Waals surface area contributed by atoms with Crippen molar-refractivity contribution in [1.29, 1.82) is 0 Å². The van der Waals surface area contributed by atoms with Crippen LogP contribution in [0.2, 0.25) is 0 Å². The fourth-order valence-corrected chi connectivity index (χ4v) is 4.03. The van der Waals surface area contributed by atoms with Gasteiger partial charge in [0.05, 0.1) is 0 Å². The summed E-state index contributed by atoms with van der Waals surface area (Å²) in [5, 5.41) is 0. The van der Waals surface area contributed by atoms with Crippen LogP contribution < -0.4 is 10.6 Å². The van der Waals surface area contributed by atoms with Crippen molar-refractivity contribution in [2.45, 2.75) is 46.0 Å². The molecule has 1 aliphatic heterocycles. The van der Waals surface area contributed by atoms with Crippen molar-refractivity contribution in [3.63, 3.8) is 0 Å². The summed E-state index contributed by atoms with van der Waals surface area (Å²) in [6, 6.07) is 2.05. The summed E-state index contributed by atoms with van der Waals surface area (Å²) in [7, 11) is 0. The van der Waals surface area contributed by atoms with Crippen LogP contribution in [-0.2, 0) is 4.79 Å². The predicted octanol–water partition coefficient (Wildman–Crippen LogP) is 2.78. The maximum atomic E-state index is 12.8. The van der Waals surface area contributed by atoms with Gasteiger partial charge in [-0.05, 0) is 32.2 Å². The molecule has 2 atom stereocenters. The van der Waals surface area contributed by atoms with Gasteiger partial charge in [-0.3, -0.25) is 4.79 Å². The summed E-state index contributed by atoms with van der Waals surface area (Å²) in [6.45, 7) is 10.1. The second kappa shape index (κ2) is 10.4. The van der Waals surface area contributed by atoms with E-state index in [1.165, 1.54) is 0 Å². The lowest BCUT2D eigenvalue weighted by Gasteiger charge is -2.37. The number of carbonyl (C=O) groups is 1. The molecule has 1 aliphatic carbocycles. The number of rotatable bonds is 4. The SMILES string of the molecule is Cc1cc(N2CCN(C(=O)[C@@H]3CCC[C@@H]3CN)CC2)nc(C(C)C)n1.Cl.Cl. The Labute approximate surface area is 175 Å². The van der Waals surface area contributed by atoms with Crippen LogP contribution in [0.4, 0.5) is 5.82 Å². The van der Waals surface area contributed by atoms with Crippen LogP contribution in [-0.4, -0.2) is 53.5 Å². The number of aryl methyl sites for hydroxylation is 1. The van der Waals surface area contributed by atoms with Crippen LogP contribution >= 0.6 is 24.8 Å².